The van der Waals surface area contributed by atoms with Gasteiger partial charge in [-0.05, 0) is 24.3 Å². The first-order chi connectivity index (χ1) is 14.3. The molecular weight excluding hydrogens is 366 g/mol. The van der Waals surface area contributed by atoms with E-state index < -0.39 is 0 Å². The molecule has 0 amide bonds. The van der Waals surface area contributed by atoms with E-state index in [0.29, 0.717) is 17.2 Å². The van der Waals surface area contributed by atoms with E-state index in [0.717, 1.165) is 22.5 Å². The van der Waals surface area contributed by atoms with Gasteiger partial charge in [0.05, 0.1) is 27.0 Å². The van der Waals surface area contributed by atoms with E-state index in [2.05, 4.69) is 29.2 Å². The molecule has 5 heteroatoms. The summed E-state index contributed by atoms with van der Waals surface area (Å²) in [4.78, 5) is 2.16. The lowest BCUT2D eigenvalue weighted by molar-refractivity contribution is 0.173. The summed E-state index contributed by atoms with van der Waals surface area (Å²) in [6.45, 7) is 0. The topological polar surface area (TPSA) is 40.2 Å². The van der Waals surface area contributed by atoms with Crippen LogP contribution in [0.4, 0.5) is 5.69 Å². The van der Waals surface area contributed by atoms with Gasteiger partial charge in [-0.2, -0.15) is 0 Å². The molecule has 1 aliphatic heterocycles. The average molecular weight is 389 g/mol. The van der Waals surface area contributed by atoms with Crippen molar-refractivity contribution in [3.63, 3.8) is 0 Å². The van der Waals surface area contributed by atoms with Crippen LogP contribution in [0.25, 0.3) is 5.70 Å². The third kappa shape index (κ3) is 3.47. The number of para-hydroxylation sites is 1. The minimum atomic E-state index is -0.374. The first-order valence-electron chi connectivity index (χ1n) is 9.32. The predicted octanol–water partition coefficient (Wildman–Crippen LogP) is 5.25. The molecule has 0 aromatic heterocycles. The largest absolute Gasteiger partial charge is 0.493 e. The Morgan fingerprint density at radius 2 is 1.34 bits per heavy atom. The standard InChI is InChI=1S/C24H23NO4/c1-26-21-14-18(15-22(27-2)23(21)28-3)24-25(19-12-8-5-9-13-19)20(16-29-24)17-10-6-4-7-11-17/h4-16,24H,1-3H3. The highest BCUT2D eigenvalue weighted by atomic mass is 16.5. The highest BCUT2D eigenvalue weighted by Crippen LogP contribution is 2.45. The molecule has 4 rings (SSSR count). The molecule has 0 aliphatic carbocycles. The minimum Gasteiger partial charge on any atom is -0.493 e. The summed E-state index contributed by atoms with van der Waals surface area (Å²) in [5, 5.41) is 0. The molecule has 148 valence electrons. The molecule has 0 bridgehead atoms. The van der Waals surface area contributed by atoms with Gasteiger partial charge in [0.15, 0.2) is 11.5 Å². The molecule has 0 fully saturated rings. The lowest BCUT2D eigenvalue weighted by Gasteiger charge is -2.29. The van der Waals surface area contributed by atoms with Crippen LogP contribution in [0.15, 0.2) is 79.1 Å². The molecule has 5 nitrogen and oxygen atoms in total. The summed E-state index contributed by atoms with van der Waals surface area (Å²) >= 11 is 0. The summed E-state index contributed by atoms with van der Waals surface area (Å²) in [5.74, 6) is 1.73. The van der Waals surface area contributed by atoms with Gasteiger partial charge in [-0.25, -0.2) is 0 Å². The van der Waals surface area contributed by atoms with E-state index in [1.807, 2.05) is 48.5 Å². The highest BCUT2D eigenvalue weighted by molar-refractivity contribution is 5.81. The van der Waals surface area contributed by atoms with E-state index in [4.69, 9.17) is 18.9 Å². The van der Waals surface area contributed by atoms with Crippen molar-refractivity contribution in [3.05, 3.63) is 90.2 Å². The molecule has 0 radical (unpaired) electrons. The Hall–Kier alpha value is -3.60. The number of anilines is 1. The number of nitrogens with zero attached hydrogens (tertiary/aromatic N) is 1. The first-order valence-corrected chi connectivity index (χ1v) is 9.32. The number of methoxy groups -OCH3 is 3. The van der Waals surface area contributed by atoms with Gasteiger partial charge in [0.2, 0.25) is 12.0 Å². The second-order valence-corrected chi connectivity index (χ2v) is 6.52. The Labute approximate surface area is 170 Å². The van der Waals surface area contributed by atoms with Crippen molar-refractivity contribution >= 4 is 11.4 Å². The quantitative estimate of drug-likeness (QED) is 0.576. The number of ether oxygens (including phenoxy) is 4. The molecule has 29 heavy (non-hydrogen) atoms. The van der Waals surface area contributed by atoms with E-state index >= 15 is 0 Å². The third-order valence-corrected chi connectivity index (χ3v) is 4.88. The van der Waals surface area contributed by atoms with E-state index in [1.165, 1.54) is 0 Å². The number of hydrogen-bond donors (Lipinski definition) is 0. The molecule has 0 spiro atoms. The molecule has 1 aliphatic rings. The fourth-order valence-electron chi connectivity index (χ4n) is 3.52. The van der Waals surface area contributed by atoms with Crippen LogP contribution in [0.3, 0.4) is 0 Å². The van der Waals surface area contributed by atoms with Crippen molar-refractivity contribution < 1.29 is 18.9 Å². The lowest BCUT2D eigenvalue weighted by atomic mass is 10.1. The maximum absolute atomic E-state index is 6.16. The molecule has 0 N–H and O–H groups in total. The summed E-state index contributed by atoms with van der Waals surface area (Å²) in [5.41, 5.74) is 3.98. The van der Waals surface area contributed by atoms with E-state index in [-0.39, 0.29) is 6.23 Å². The molecular formula is C24H23NO4. The number of benzene rings is 3. The average Bonchev–Trinajstić information content (AvgIpc) is 3.24. The Bertz CT molecular complexity index is 977. The summed E-state index contributed by atoms with van der Waals surface area (Å²) in [6, 6.07) is 24.2. The van der Waals surface area contributed by atoms with Crippen LogP contribution in [0.1, 0.15) is 17.4 Å². The van der Waals surface area contributed by atoms with Gasteiger partial charge >= 0.3 is 0 Å². The van der Waals surface area contributed by atoms with Gasteiger partial charge in [0.1, 0.15) is 6.26 Å². The van der Waals surface area contributed by atoms with Crippen LogP contribution < -0.4 is 19.1 Å². The van der Waals surface area contributed by atoms with Gasteiger partial charge in [0, 0.05) is 16.8 Å². The first kappa shape index (κ1) is 18.7. The van der Waals surface area contributed by atoms with Gasteiger partial charge in [-0.1, -0.05) is 48.5 Å². The summed E-state index contributed by atoms with van der Waals surface area (Å²) < 4.78 is 22.7. The van der Waals surface area contributed by atoms with E-state index in [1.54, 1.807) is 27.6 Å². The Morgan fingerprint density at radius 1 is 0.759 bits per heavy atom. The van der Waals surface area contributed by atoms with Crippen LogP contribution >= 0.6 is 0 Å². The van der Waals surface area contributed by atoms with Crippen LogP contribution in [-0.2, 0) is 4.74 Å². The molecule has 0 saturated carbocycles. The fourth-order valence-corrected chi connectivity index (χ4v) is 3.52. The van der Waals surface area contributed by atoms with Gasteiger partial charge in [0.25, 0.3) is 0 Å². The minimum absolute atomic E-state index is 0.374. The number of rotatable bonds is 6. The SMILES string of the molecule is COc1cc(C2OC=C(c3ccccc3)N2c2ccccc2)cc(OC)c1OC. The smallest absolute Gasteiger partial charge is 0.203 e. The second kappa shape index (κ2) is 8.19. The molecule has 1 atom stereocenters. The van der Waals surface area contributed by atoms with Crippen molar-refractivity contribution in [2.24, 2.45) is 0 Å². The van der Waals surface area contributed by atoms with Crippen LogP contribution in [0, 0.1) is 0 Å². The van der Waals surface area contributed by atoms with Crippen molar-refractivity contribution in [1.82, 2.24) is 0 Å². The molecule has 1 unspecified atom stereocenters. The van der Waals surface area contributed by atoms with Gasteiger partial charge in [-0.15, -0.1) is 0 Å². The second-order valence-electron chi connectivity index (χ2n) is 6.52. The fraction of sp³-hybridized carbons (Fsp3) is 0.167. The van der Waals surface area contributed by atoms with Crippen molar-refractivity contribution in [2.75, 3.05) is 26.2 Å². The van der Waals surface area contributed by atoms with Crippen LogP contribution in [0.2, 0.25) is 0 Å². The van der Waals surface area contributed by atoms with Crippen molar-refractivity contribution in [2.45, 2.75) is 6.23 Å². The third-order valence-electron chi connectivity index (χ3n) is 4.88. The Morgan fingerprint density at radius 3 is 1.90 bits per heavy atom. The molecule has 0 saturated heterocycles. The number of hydrogen-bond acceptors (Lipinski definition) is 5. The van der Waals surface area contributed by atoms with Crippen LogP contribution in [0.5, 0.6) is 17.2 Å². The van der Waals surface area contributed by atoms with Gasteiger partial charge < -0.3 is 18.9 Å². The monoisotopic (exact) mass is 389 g/mol. The maximum atomic E-state index is 6.16. The Balaban J connectivity index is 1.82. The lowest BCUT2D eigenvalue weighted by Crippen LogP contribution is -2.23. The summed E-state index contributed by atoms with van der Waals surface area (Å²) in [7, 11) is 4.82. The van der Waals surface area contributed by atoms with Gasteiger partial charge in [-0.3, -0.25) is 4.90 Å². The zero-order valence-electron chi connectivity index (χ0n) is 16.7. The highest BCUT2D eigenvalue weighted by Gasteiger charge is 2.33. The van der Waals surface area contributed by atoms with Crippen molar-refractivity contribution in [3.8, 4) is 17.2 Å². The summed E-state index contributed by atoms with van der Waals surface area (Å²) in [6.07, 6.45) is 1.43. The van der Waals surface area contributed by atoms with Crippen LogP contribution in [-0.4, -0.2) is 21.3 Å². The normalized spacial score (nSPS) is 15.5. The maximum Gasteiger partial charge on any atom is 0.203 e. The van der Waals surface area contributed by atoms with E-state index in [9.17, 15) is 0 Å². The zero-order chi connectivity index (χ0) is 20.2. The molecule has 1 heterocycles. The zero-order valence-corrected chi connectivity index (χ0v) is 16.7. The predicted molar refractivity (Wildman–Crippen MR) is 113 cm³/mol. The molecule has 3 aromatic carbocycles. The van der Waals surface area contributed by atoms with Crippen molar-refractivity contribution in [1.29, 1.82) is 0 Å². The molecule has 3 aromatic rings. The Kier molecular flexibility index (Phi) is 5.29.